The highest BCUT2D eigenvalue weighted by atomic mass is 35.5. The molecule has 2 aromatic carbocycles. The van der Waals surface area contributed by atoms with E-state index in [-0.39, 0.29) is 4.90 Å². The zero-order valence-electron chi connectivity index (χ0n) is 15.3. The van der Waals surface area contributed by atoms with Gasteiger partial charge in [0.05, 0.1) is 16.5 Å². The number of hydrogen-bond donors (Lipinski definition) is 1. The van der Waals surface area contributed by atoms with Crippen molar-refractivity contribution in [3.63, 3.8) is 0 Å². The zero-order chi connectivity index (χ0) is 20.5. The van der Waals surface area contributed by atoms with Crippen molar-refractivity contribution in [3.05, 3.63) is 82.1 Å². The van der Waals surface area contributed by atoms with Crippen LogP contribution >= 0.6 is 11.6 Å². The zero-order valence-corrected chi connectivity index (χ0v) is 16.9. The summed E-state index contributed by atoms with van der Waals surface area (Å²) in [6.07, 6.45) is 1.83. The maximum absolute atomic E-state index is 11.5. The fraction of sp³-hybridized carbons (Fsp3) is 0.0952. The van der Waals surface area contributed by atoms with Crippen LogP contribution in [0.3, 0.4) is 0 Å². The van der Waals surface area contributed by atoms with E-state index in [1.54, 1.807) is 24.3 Å². The topological polar surface area (TPSA) is 88.9 Å². The van der Waals surface area contributed by atoms with E-state index < -0.39 is 10.0 Å². The van der Waals surface area contributed by atoms with Gasteiger partial charge in [0.25, 0.3) is 0 Å². The van der Waals surface area contributed by atoms with Crippen molar-refractivity contribution in [2.75, 3.05) is 0 Å². The van der Waals surface area contributed by atoms with E-state index in [0.717, 1.165) is 28.2 Å². The fourth-order valence-electron chi connectivity index (χ4n) is 3.08. The number of aromatic nitrogens is 1. The summed E-state index contributed by atoms with van der Waals surface area (Å²) >= 11 is 5.92. The molecule has 1 aromatic heterocycles. The molecule has 0 unspecified atom stereocenters. The number of nitrogens with two attached hydrogens (primary N) is 1. The third-order valence-electron chi connectivity index (χ3n) is 4.47. The van der Waals surface area contributed by atoms with Gasteiger partial charge in [0.15, 0.2) is 0 Å². The van der Waals surface area contributed by atoms with Gasteiger partial charge in [0, 0.05) is 22.1 Å². The van der Waals surface area contributed by atoms with Crippen molar-refractivity contribution < 1.29 is 8.42 Å². The first-order chi connectivity index (χ1) is 13.2. The van der Waals surface area contributed by atoms with Crippen LogP contribution in [0.1, 0.15) is 22.5 Å². The van der Waals surface area contributed by atoms with Crippen molar-refractivity contribution in [1.82, 2.24) is 4.57 Å². The Morgan fingerprint density at radius 1 is 1.11 bits per heavy atom. The standard InChI is InChI=1S/C21H18ClN3O2S/c1-14-11-17(12-18(13-23)16-3-5-19(22)6-4-16)15(2)25(14)20-7-9-21(10-8-20)28(24,26)27/h3-12H,1-2H3,(H2,24,26,27). The summed E-state index contributed by atoms with van der Waals surface area (Å²) in [6, 6.07) is 17.7. The second-order valence-corrected chi connectivity index (χ2v) is 8.38. The van der Waals surface area contributed by atoms with Gasteiger partial charge in [-0.25, -0.2) is 13.6 Å². The molecule has 0 spiro atoms. The highest BCUT2D eigenvalue weighted by molar-refractivity contribution is 7.89. The van der Waals surface area contributed by atoms with Crippen LogP contribution in [-0.2, 0) is 10.0 Å². The van der Waals surface area contributed by atoms with E-state index in [9.17, 15) is 13.7 Å². The minimum Gasteiger partial charge on any atom is -0.318 e. The number of benzene rings is 2. The van der Waals surface area contributed by atoms with E-state index in [1.165, 1.54) is 12.1 Å². The Kier molecular flexibility index (Phi) is 5.43. The molecule has 0 aliphatic heterocycles. The Morgan fingerprint density at radius 2 is 1.71 bits per heavy atom. The largest absolute Gasteiger partial charge is 0.318 e. The maximum atomic E-state index is 11.5. The Bertz CT molecular complexity index is 1200. The molecule has 0 atom stereocenters. The average Bonchev–Trinajstić information content (AvgIpc) is 2.93. The predicted molar refractivity (Wildman–Crippen MR) is 112 cm³/mol. The van der Waals surface area contributed by atoms with Gasteiger partial charge in [-0.05, 0) is 73.5 Å². The second-order valence-electron chi connectivity index (χ2n) is 6.38. The summed E-state index contributed by atoms with van der Waals surface area (Å²) in [5.41, 5.74) is 4.92. The molecule has 142 valence electrons. The van der Waals surface area contributed by atoms with Gasteiger partial charge in [-0.3, -0.25) is 0 Å². The van der Waals surface area contributed by atoms with E-state index >= 15 is 0 Å². The van der Waals surface area contributed by atoms with Gasteiger partial charge in [0.1, 0.15) is 0 Å². The Labute approximate surface area is 169 Å². The third-order valence-corrected chi connectivity index (χ3v) is 5.65. The first-order valence-corrected chi connectivity index (χ1v) is 10.3. The van der Waals surface area contributed by atoms with Gasteiger partial charge < -0.3 is 4.57 Å². The molecule has 0 aliphatic rings. The molecular weight excluding hydrogens is 394 g/mol. The number of allylic oxidation sites excluding steroid dienone is 1. The summed E-state index contributed by atoms with van der Waals surface area (Å²) in [5.74, 6) is 0. The average molecular weight is 412 g/mol. The van der Waals surface area contributed by atoms with E-state index in [1.807, 2.05) is 42.7 Å². The Balaban J connectivity index is 2.04. The van der Waals surface area contributed by atoms with Crippen molar-refractivity contribution in [3.8, 4) is 11.8 Å². The predicted octanol–water partition coefficient (Wildman–Crippen LogP) is 4.46. The Morgan fingerprint density at radius 3 is 2.25 bits per heavy atom. The normalized spacial score (nSPS) is 12.0. The summed E-state index contributed by atoms with van der Waals surface area (Å²) in [7, 11) is -3.73. The molecule has 1 heterocycles. The molecule has 5 nitrogen and oxygen atoms in total. The molecule has 0 aliphatic carbocycles. The minimum atomic E-state index is -3.73. The molecular formula is C21H18ClN3O2S. The molecule has 28 heavy (non-hydrogen) atoms. The number of sulfonamides is 1. The highest BCUT2D eigenvalue weighted by Crippen LogP contribution is 2.26. The molecule has 3 aromatic rings. The van der Waals surface area contributed by atoms with Crippen molar-refractivity contribution >= 4 is 33.3 Å². The molecule has 0 saturated carbocycles. The van der Waals surface area contributed by atoms with Gasteiger partial charge in [-0.2, -0.15) is 5.26 Å². The van der Waals surface area contributed by atoms with Crippen LogP contribution in [0, 0.1) is 25.2 Å². The molecule has 0 bridgehead atoms. The number of primary sulfonamides is 1. The summed E-state index contributed by atoms with van der Waals surface area (Å²) in [6.45, 7) is 3.90. The van der Waals surface area contributed by atoms with Crippen molar-refractivity contribution in [1.29, 1.82) is 5.26 Å². The second kappa shape index (κ2) is 7.64. The molecule has 0 amide bonds. The van der Waals surface area contributed by atoms with Gasteiger partial charge in [0.2, 0.25) is 10.0 Å². The fourth-order valence-corrected chi connectivity index (χ4v) is 3.72. The maximum Gasteiger partial charge on any atom is 0.238 e. The lowest BCUT2D eigenvalue weighted by Gasteiger charge is -2.10. The van der Waals surface area contributed by atoms with Crippen LogP contribution in [0.4, 0.5) is 0 Å². The third kappa shape index (κ3) is 4.02. The first-order valence-electron chi connectivity index (χ1n) is 8.40. The minimum absolute atomic E-state index is 0.0633. The Hall–Kier alpha value is -2.85. The van der Waals surface area contributed by atoms with Crippen molar-refractivity contribution in [2.45, 2.75) is 18.7 Å². The number of halogens is 1. The molecule has 3 rings (SSSR count). The van der Waals surface area contributed by atoms with Gasteiger partial charge in [-0.1, -0.05) is 23.7 Å². The molecule has 0 radical (unpaired) electrons. The van der Waals surface area contributed by atoms with Crippen LogP contribution in [0.15, 0.2) is 59.5 Å². The number of rotatable bonds is 4. The van der Waals surface area contributed by atoms with Crippen LogP contribution in [0.25, 0.3) is 17.3 Å². The first kappa shape index (κ1) is 19.9. The monoisotopic (exact) mass is 411 g/mol. The molecule has 0 saturated heterocycles. The van der Waals surface area contributed by atoms with E-state index in [4.69, 9.17) is 16.7 Å². The number of hydrogen-bond acceptors (Lipinski definition) is 3. The van der Waals surface area contributed by atoms with Crippen LogP contribution in [-0.4, -0.2) is 13.0 Å². The lowest BCUT2D eigenvalue weighted by atomic mass is 10.0. The number of nitrogens with zero attached hydrogens (tertiary/aromatic N) is 2. The van der Waals surface area contributed by atoms with Gasteiger partial charge in [-0.15, -0.1) is 0 Å². The quantitative estimate of drug-likeness (QED) is 0.642. The van der Waals surface area contributed by atoms with Crippen LogP contribution in [0.5, 0.6) is 0 Å². The lowest BCUT2D eigenvalue weighted by Crippen LogP contribution is -2.12. The van der Waals surface area contributed by atoms with Crippen LogP contribution in [0.2, 0.25) is 5.02 Å². The van der Waals surface area contributed by atoms with Gasteiger partial charge >= 0.3 is 0 Å². The number of aryl methyl sites for hydroxylation is 1. The number of nitriles is 1. The van der Waals surface area contributed by atoms with E-state index in [0.29, 0.717) is 10.6 Å². The molecule has 7 heteroatoms. The summed E-state index contributed by atoms with van der Waals surface area (Å²) < 4.78 is 24.9. The van der Waals surface area contributed by atoms with E-state index in [2.05, 4.69) is 6.07 Å². The SMILES string of the molecule is Cc1cc(C=C(C#N)c2ccc(Cl)cc2)c(C)n1-c1ccc(S(N)(=O)=O)cc1. The smallest absolute Gasteiger partial charge is 0.238 e. The highest BCUT2D eigenvalue weighted by Gasteiger charge is 2.13. The van der Waals surface area contributed by atoms with Crippen molar-refractivity contribution in [2.24, 2.45) is 5.14 Å². The summed E-state index contributed by atoms with van der Waals surface area (Å²) in [4.78, 5) is 0.0633. The summed E-state index contributed by atoms with van der Waals surface area (Å²) in [5, 5.41) is 15.4. The lowest BCUT2D eigenvalue weighted by molar-refractivity contribution is 0.598. The van der Waals surface area contributed by atoms with Crippen LogP contribution < -0.4 is 5.14 Å². The molecule has 0 fully saturated rings. The molecule has 2 N–H and O–H groups in total.